The number of Topliss-reactive ketones (excluding diaryl/α,β-unsaturated/α-hetero) is 3. The molecule has 0 aliphatic carbocycles. The minimum absolute atomic E-state index is 0.0415. The second-order valence-corrected chi connectivity index (χ2v) is 16.4. The van der Waals surface area contributed by atoms with E-state index in [9.17, 15) is 14.4 Å². The topological polar surface area (TPSA) is 88.1 Å². The summed E-state index contributed by atoms with van der Waals surface area (Å²) in [7, 11) is 0. The lowest BCUT2D eigenvalue weighted by Crippen LogP contribution is -2.56. The van der Waals surface area contributed by atoms with Crippen molar-refractivity contribution >= 4 is 17.3 Å². The summed E-state index contributed by atoms with van der Waals surface area (Å²) in [5.74, 6) is -0.261. The van der Waals surface area contributed by atoms with Crippen molar-refractivity contribution in [2.45, 2.75) is 184 Å². The van der Waals surface area contributed by atoms with Crippen LogP contribution < -0.4 is 0 Å². The quantitative estimate of drug-likeness (QED) is 0.139. The Morgan fingerprint density at radius 1 is 0.690 bits per heavy atom. The lowest BCUT2D eigenvalue weighted by atomic mass is 9.70. The molecule has 7 heteroatoms. The number of rotatable bonds is 19. The van der Waals surface area contributed by atoms with Crippen molar-refractivity contribution in [1.82, 2.24) is 0 Å². The third-order valence-electron chi connectivity index (χ3n) is 8.30. The van der Waals surface area contributed by atoms with Crippen molar-refractivity contribution in [2.75, 3.05) is 0 Å². The molecule has 0 N–H and O–H groups in total. The predicted molar refractivity (Wildman–Crippen MR) is 171 cm³/mol. The molecule has 0 rings (SSSR count). The lowest BCUT2D eigenvalue weighted by molar-refractivity contribution is -0.201. The first kappa shape index (κ1) is 40.4. The van der Waals surface area contributed by atoms with Gasteiger partial charge in [-0.1, -0.05) is 41.2 Å². The fourth-order valence-electron chi connectivity index (χ4n) is 6.67. The molecule has 42 heavy (non-hydrogen) atoms. The van der Waals surface area contributed by atoms with E-state index in [1.54, 1.807) is 27.7 Å². The fourth-order valence-corrected chi connectivity index (χ4v) is 6.67. The standard InChI is InChI=1S/C35H64O7/c1-20-25(36)33(14,15)40-24(3)26(37)32(12,13)35(18,19)42-30(8,9)22-28(4,5)27(38)34(16,17)41-31(10,11)23-29(6,7)39-21-2/h21,24H,2,20,22-23H2,1,3-19H3. The SMILES string of the molecule is C=COC(C)(C)CC(C)(C)OC(C)(C)C(=O)C(C)(C)CC(C)(C)OC(C)(C)C(C)(C)C(=O)C(C)OC(C)(C)C(=O)CC. The summed E-state index contributed by atoms with van der Waals surface area (Å²) >= 11 is 0. The van der Waals surface area contributed by atoms with Gasteiger partial charge >= 0.3 is 0 Å². The van der Waals surface area contributed by atoms with Crippen LogP contribution in [0.15, 0.2) is 12.8 Å². The number of carbonyl (C=O) groups excluding carboxylic acids is 3. The Kier molecular flexibility index (Phi) is 12.7. The average molecular weight is 597 g/mol. The van der Waals surface area contributed by atoms with Crippen LogP contribution in [0.3, 0.4) is 0 Å². The Bertz CT molecular complexity index is 977. The summed E-state index contributed by atoms with van der Waals surface area (Å²) in [4.78, 5) is 40.0. The molecule has 246 valence electrons. The molecule has 1 unspecified atom stereocenters. The summed E-state index contributed by atoms with van der Waals surface area (Å²) < 4.78 is 24.8. The van der Waals surface area contributed by atoms with Crippen LogP contribution in [0.1, 0.15) is 144 Å². The molecule has 0 saturated heterocycles. The van der Waals surface area contributed by atoms with Crippen LogP contribution >= 0.6 is 0 Å². The maximum atomic E-state index is 14.0. The molecule has 0 aromatic carbocycles. The van der Waals surface area contributed by atoms with Crippen molar-refractivity contribution in [1.29, 1.82) is 0 Å². The van der Waals surface area contributed by atoms with Crippen LogP contribution in [-0.4, -0.2) is 57.1 Å². The van der Waals surface area contributed by atoms with E-state index in [4.69, 9.17) is 18.9 Å². The first-order valence-electron chi connectivity index (χ1n) is 15.3. The molecule has 0 aromatic rings. The summed E-state index contributed by atoms with van der Waals surface area (Å²) in [6.45, 7) is 37.2. The van der Waals surface area contributed by atoms with Crippen molar-refractivity contribution in [2.24, 2.45) is 10.8 Å². The van der Waals surface area contributed by atoms with E-state index < -0.39 is 50.5 Å². The Morgan fingerprint density at radius 2 is 1.14 bits per heavy atom. The molecule has 0 amide bonds. The largest absolute Gasteiger partial charge is 0.496 e. The van der Waals surface area contributed by atoms with Gasteiger partial charge in [0.05, 0.1) is 28.5 Å². The molecule has 7 nitrogen and oxygen atoms in total. The molecule has 0 aliphatic heterocycles. The highest BCUT2D eigenvalue weighted by atomic mass is 16.5. The summed E-state index contributed by atoms with van der Waals surface area (Å²) in [5.41, 5.74) is -6.75. The van der Waals surface area contributed by atoms with Gasteiger partial charge in [-0.3, -0.25) is 14.4 Å². The smallest absolute Gasteiger partial charge is 0.169 e. The van der Waals surface area contributed by atoms with E-state index in [0.29, 0.717) is 19.3 Å². The van der Waals surface area contributed by atoms with E-state index in [1.807, 2.05) is 96.9 Å². The van der Waals surface area contributed by atoms with Crippen molar-refractivity contribution in [3.63, 3.8) is 0 Å². The number of ether oxygens (including phenoxy) is 4. The second kappa shape index (κ2) is 13.2. The molecule has 0 bridgehead atoms. The van der Waals surface area contributed by atoms with Crippen LogP contribution in [0.4, 0.5) is 0 Å². The highest BCUT2D eigenvalue weighted by Crippen LogP contribution is 2.44. The molecule has 0 radical (unpaired) electrons. The third kappa shape index (κ3) is 10.9. The molecule has 0 saturated carbocycles. The highest BCUT2D eigenvalue weighted by Gasteiger charge is 2.51. The van der Waals surface area contributed by atoms with Gasteiger partial charge in [-0.05, 0) is 96.4 Å². The molecule has 0 aromatic heterocycles. The van der Waals surface area contributed by atoms with Gasteiger partial charge in [-0.2, -0.15) is 0 Å². The van der Waals surface area contributed by atoms with Gasteiger partial charge in [0, 0.05) is 18.3 Å². The van der Waals surface area contributed by atoms with Gasteiger partial charge in [0.25, 0.3) is 0 Å². The summed E-state index contributed by atoms with van der Waals surface area (Å²) in [6.07, 6.45) is 1.90. The van der Waals surface area contributed by atoms with E-state index >= 15 is 0 Å². The van der Waals surface area contributed by atoms with E-state index in [0.717, 1.165) is 0 Å². The average Bonchev–Trinajstić information content (AvgIpc) is 2.73. The summed E-state index contributed by atoms with van der Waals surface area (Å²) in [6, 6.07) is 0. The summed E-state index contributed by atoms with van der Waals surface area (Å²) in [5, 5.41) is 0. The van der Waals surface area contributed by atoms with Gasteiger partial charge < -0.3 is 18.9 Å². The normalized spacial score (nSPS) is 15.3. The molecule has 0 aliphatic rings. The zero-order valence-electron chi connectivity index (χ0n) is 30.3. The molecule has 0 spiro atoms. The zero-order valence-corrected chi connectivity index (χ0v) is 30.3. The molecular formula is C35H64O7. The maximum Gasteiger partial charge on any atom is 0.169 e. The Labute approximate surface area is 257 Å². The van der Waals surface area contributed by atoms with E-state index in [-0.39, 0.29) is 17.3 Å². The first-order chi connectivity index (χ1) is 18.3. The third-order valence-corrected chi connectivity index (χ3v) is 8.30. The highest BCUT2D eigenvalue weighted by molar-refractivity contribution is 5.92. The maximum absolute atomic E-state index is 14.0. The number of ketones is 3. The van der Waals surface area contributed by atoms with E-state index in [1.165, 1.54) is 6.26 Å². The van der Waals surface area contributed by atoms with Crippen LogP contribution in [0.5, 0.6) is 0 Å². The minimum atomic E-state index is -1.08. The molecule has 1 atom stereocenters. The van der Waals surface area contributed by atoms with Crippen LogP contribution in [-0.2, 0) is 33.3 Å². The zero-order chi connectivity index (χ0) is 34.0. The number of hydrogen-bond acceptors (Lipinski definition) is 7. The van der Waals surface area contributed by atoms with Crippen molar-refractivity contribution in [3.8, 4) is 0 Å². The van der Waals surface area contributed by atoms with Crippen molar-refractivity contribution < 1.29 is 33.3 Å². The Morgan fingerprint density at radius 3 is 1.57 bits per heavy atom. The lowest BCUT2D eigenvalue weighted by Gasteiger charge is -2.48. The molecule has 0 fully saturated rings. The first-order valence-corrected chi connectivity index (χ1v) is 15.3. The van der Waals surface area contributed by atoms with Crippen LogP contribution in [0.2, 0.25) is 0 Å². The predicted octanol–water partition coefficient (Wildman–Crippen LogP) is 8.21. The van der Waals surface area contributed by atoms with Gasteiger partial charge in [-0.15, -0.1) is 0 Å². The fraction of sp³-hybridized carbons (Fsp3) is 0.857. The number of hydrogen-bond donors (Lipinski definition) is 0. The van der Waals surface area contributed by atoms with Gasteiger partial charge in [0.15, 0.2) is 17.3 Å². The van der Waals surface area contributed by atoms with Gasteiger partial charge in [0.2, 0.25) is 0 Å². The second-order valence-electron chi connectivity index (χ2n) is 16.4. The van der Waals surface area contributed by atoms with Gasteiger partial charge in [-0.25, -0.2) is 0 Å². The van der Waals surface area contributed by atoms with Gasteiger partial charge in [0.1, 0.15) is 22.9 Å². The van der Waals surface area contributed by atoms with Crippen LogP contribution in [0, 0.1) is 10.8 Å². The minimum Gasteiger partial charge on any atom is -0.496 e. The van der Waals surface area contributed by atoms with Crippen molar-refractivity contribution in [3.05, 3.63) is 12.8 Å². The Hall–Kier alpha value is -1.57. The van der Waals surface area contributed by atoms with Crippen LogP contribution in [0.25, 0.3) is 0 Å². The van der Waals surface area contributed by atoms with E-state index in [2.05, 4.69) is 6.58 Å². The molecule has 0 heterocycles. The monoisotopic (exact) mass is 596 g/mol. The molecular weight excluding hydrogens is 532 g/mol. The Balaban J connectivity index is 5.86. The number of carbonyl (C=O) groups is 3.